The number of nitriles is 1. The van der Waals surface area contributed by atoms with Crippen molar-refractivity contribution in [3.8, 4) is 6.07 Å². The molecule has 0 bridgehead atoms. The zero-order valence-corrected chi connectivity index (χ0v) is 23.5. The summed E-state index contributed by atoms with van der Waals surface area (Å²) in [6.07, 6.45) is 4.70. The number of piperidine rings is 2. The maximum absolute atomic E-state index is 13.4. The van der Waals surface area contributed by atoms with E-state index in [1.165, 1.54) is 0 Å². The van der Waals surface area contributed by atoms with Gasteiger partial charge >= 0.3 is 0 Å². The second-order valence-electron chi connectivity index (χ2n) is 12.5. The van der Waals surface area contributed by atoms with Gasteiger partial charge in [-0.3, -0.25) is 9.59 Å². The van der Waals surface area contributed by atoms with Crippen LogP contribution in [0.1, 0.15) is 76.6 Å². The lowest BCUT2D eigenvalue weighted by atomic mass is 9.67. The fourth-order valence-corrected chi connectivity index (χ4v) is 7.99. The summed E-state index contributed by atoms with van der Waals surface area (Å²) in [6, 6.07) is 13.4. The van der Waals surface area contributed by atoms with Crippen LogP contribution in [0.5, 0.6) is 0 Å². The summed E-state index contributed by atoms with van der Waals surface area (Å²) in [5, 5.41) is 28.7. The van der Waals surface area contributed by atoms with Gasteiger partial charge in [-0.15, -0.1) is 10.2 Å². The standard InChI is InChI=1S/C31H33N9O2/c1-17(35-14-26(41)40-23(13-32)12-29-15-30(29,40)16-29)11-31(28-36-38-39-37-28)24-7-5-19(18(2)33)9-20(24)3-4-21-10-22(27(34)42)6-8-25(21)31/h5-10,17,23,35H,2-4,11-12,14-16,33H2,1H3,(H2,34,42)(H,36,37,38,39)/t17-,23?,29?,30?,31?/m1/s1. The number of aromatic nitrogens is 4. The minimum atomic E-state index is -0.863. The van der Waals surface area contributed by atoms with Crippen molar-refractivity contribution in [2.45, 2.75) is 68.5 Å². The number of carbonyl (C=O) groups is 2. The number of rotatable bonds is 8. The smallest absolute Gasteiger partial charge is 0.248 e. The van der Waals surface area contributed by atoms with Gasteiger partial charge in [0.2, 0.25) is 11.8 Å². The van der Waals surface area contributed by atoms with E-state index in [1.807, 2.05) is 30.0 Å². The van der Waals surface area contributed by atoms with Gasteiger partial charge in [0.05, 0.1) is 23.6 Å². The molecule has 42 heavy (non-hydrogen) atoms. The molecule has 3 aliphatic carbocycles. The molecule has 2 heterocycles. The van der Waals surface area contributed by atoms with Gasteiger partial charge in [0.25, 0.3) is 0 Å². The number of amides is 2. The van der Waals surface area contributed by atoms with Gasteiger partial charge in [-0.2, -0.15) is 10.5 Å². The first-order valence-electron chi connectivity index (χ1n) is 14.3. The summed E-state index contributed by atoms with van der Waals surface area (Å²) in [6.45, 7) is 6.09. The van der Waals surface area contributed by atoms with E-state index in [0.717, 1.165) is 47.1 Å². The molecule has 0 radical (unpaired) electrons. The Bertz CT molecular complexity index is 1620. The first-order valence-corrected chi connectivity index (χ1v) is 14.3. The fraction of sp³-hybridized carbons (Fsp3) is 0.419. The Labute approximate surface area is 243 Å². The molecule has 0 spiro atoms. The lowest BCUT2D eigenvalue weighted by Gasteiger charge is -2.36. The number of aryl methyl sites for hydroxylation is 2. The Morgan fingerprint density at radius 3 is 2.43 bits per heavy atom. The maximum Gasteiger partial charge on any atom is 0.248 e. The number of fused-ring (bicyclic) bond motifs is 2. The highest BCUT2D eigenvalue weighted by Crippen LogP contribution is 2.87. The second kappa shape index (κ2) is 8.97. The third-order valence-electron chi connectivity index (χ3n) is 10.2. The molecule has 11 heteroatoms. The lowest BCUT2D eigenvalue weighted by Crippen LogP contribution is -2.49. The highest BCUT2D eigenvalue weighted by Gasteiger charge is 2.90. The van der Waals surface area contributed by atoms with Gasteiger partial charge in [0, 0.05) is 22.7 Å². The normalized spacial score (nSPS) is 28.8. The maximum atomic E-state index is 13.4. The first-order chi connectivity index (χ1) is 20.1. The van der Waals surface area contributed by atoms with E-state index in [0.29, 0.717) is 36.3 Å². The Kier molecular flexibility index (Phi) is 5.63. The second-order valence-corrected chi connectivity index (χ2v) is 12.5. The summed E-state index contributed by atoms with van der Waals surface area (Å²) >= 11 is 0. The Hall–Kier alpha value is -4.56. The number of hydrogen-bond acceptors (Lipinski definition) is 8. The summed E-state index contributed by atoms with van der Waals surface area (Å²) in [4.78, 5) is 27.4. The Morgan fingerprint density at radius 2 is 1.83 bits per heavy atom. The number of likely N-dealkylation sites (tertiary alicyclic amines) is 1. The van der Waals surface area contributed by atoms with Crippen LogP contribution >= 0.6 is 0 Å². The van der Waals surface area contributed by atoms with Crippen molar-refractivity contribution in [3.05, 3.63) is 82.2 Å². The quantitative estimate of drug-likeness (QED) is 0.319. The molecule has 2 unspecified atom stereocenters. The number of primary amides is 1. The van der Waals surface area contributed by atoms with Crippen LogP contribution < -0.4 is 16.8 Å². The van der Waals surface area contributed by atoms with Gasteiger partial charge in [-0.05, 0) is 91.5 Å². The van der Waals surface area contributed by atoms with E-state index >= 15 is 0 Å². The summed E-state index contributed by atoms with van der Waals surface area (Å²) < 4.78 is 0. The van der Waals surface area contributed by atoms with Crippen LogP contribution in [0.4, 0.5) is 0 Å². The van der Waals surface area contributed by atoms with E-state index in [-0.39, 0.29) is 35.5 Å². The topological polar surface area (TPSA) is 180 Å². The van der Waals surface area contributed by atoms with Crippen LogP contribution in [0.15, 0.2) is 43.0 Å². The van der Waals surface area contributed by atoms with E-state index in [1.54, 1.807) is 6.07 Å². The molecule has 3 atom stereocenters. The van der Waals surface area contributed by atoms with Crippen molar-refractivity contribution in [2.75, 3.05) is 6.54 Å². The average molecular weight is 564 g/mol. The molecule has 4 aliphatic rings. The van der Waals surface area contributed by atoms with Crippen molar-refractivity contribution in [1.82, 2.24) is 30.8 Å². The number of nitrogens with one attached hydrogen (secondary N) is 2. The van der Waals surface area contributed by atoms with Crippen LogP contribution in [0.25, 0.3) is 5.70 Å². The molecule has 2 saturated carbocycles. The van der Waals surface area contributed by atoms with Crippen molar-refractivity contribution in [2.24, 2.45) is 16.9 Å². The summed E-state index contributed by atoms with van der Waals surface area (Å²) in [7, 11) is 0. The number of carbonyl (C=O) groups excluding carboxylic acids is 2. The molecule has 2 aromatic carbocycles. The van der Waals surface area contributed by atoms with Crippen LogP contribution in [0, 0.1) is 16.7 Å². The molecule has 7 rings (SSSR count). The Morgan fingerprint density at radius 1 is 1.17 bits per heavy atom. The van der Waals surface area contributed by atoms with Gasteiger partial charge < -0.3 is 21.7 Å². The van der Waals surface area contributed by atoms with E-state index in [2.05, 4.69) is 50.7 Å². The van der Waals surface area contributed by atoms with E-state index in [9.17, 15) is 14.9 Å². The van der Waals surface area contributed by atoms with Crippen molar-refractivity contribution >= 4 is 17.5 Å². The van der Waals surface area contributed by atoms with E-state index < -0.39 is 11.3 Å². The minimum Gasteiger partial charge on any atom is -0.399 e. The zero-order valence-electron chi connectivity index (χ0n) is 23.5. The van der Waals surface area contributed by atoms with Crippen molar-refractivity contribution in [3.63, 3.8) is 0 Å². The molecule has 2 amide bonds. The first kappa shape index (κ1) is 26.3. The molecule has 1 saturated heterocycles. The molecular weight excluding hydrogens is 530 g/mol. The van der Waals surface area contributed by atoms with E-state index in [4.69, 9.17) is 11.5 Å². The third-order valence-corrected chi connectivity index (χ3v) is 10.2. The number of nitrogens with two attached hydrogens (primary N) is 2. The van der Waals surface area contributed by atoms with Crippen LogP contribution in [0.2, 0.25) is 0 Å². The van der Waals surface area contributed by atoms with Gasteiger partial charge in [-0.25, -0.2) is 0 Å². The number of tetrazole rings is 1. The molecule has 1 aromatic heterocycles. The number of benzene rings is 2. The average Bonchev–Trinajstić information content (AvgIpc) is 3.56. The van der Waals surface area contributed by atoms with Gasteiger partial charge in [0.15, 0.2) is 5.82 Å². The van der Waals surface area contributed by atoms with Gasteiger partial charge in [0.1, 0.15) is 6.04 Å². The molecule has 1 aliphatic heterocycles. The third kappa shape index (κ3) is 3.64. The summed E-state index contributed by atoms with van der Waals surface area (Å²) in [5.41, 5.74) is 16.8. The van der Waals surface area contributed by atoms with Crippen molar-refractivity contribution in [1.29, 1.82) is 5.26 Å². The van der Waals surface area contributed by atoms with Crippen LogP contribution in [0.3, 0.4) is 0 Å². The predicted molar refractivity (Wildman–Crippen MR) is 153 cm³/mol. The number of hydrogen-bond donors (Lipinski definition) is 4. The molecule has 3 aromatic rings. The molecular formula is C31H33N9O2. The zero-order chi connectivity index (χ0) is 29.4. The highest BCUT2D eigenvalue weighted by molar-refractivity contribution is 5.93. The van der Waals surface area contributed by atoms with Crippen LogP contribution in [-0.4, -0.2) is 61.5 Å². The SMILES string of the molecule is C=C(N)c1ccc2c(c1)CCc1cc(C(N)=O)ccc1C2(C[C@@H](C)NCC(=O)N1C(C#N)CC23CC12C3)c1nn[nH]n1. The highest BCUT2D eigenvalue weighted by atomic mass is 16.2. The summed E-state index contributed by atoms with van der Waals surface area (Å²) in [5.74, 6) is -0.0353. The largest absolute Gasteiger partial charge is 0.399 e. The lowest BCUT2D eigenvalue weighted by molar-refractivity contribution is -0.133. The Balaban J connectivity index is 1.27. The fourth-order valence-electron chi connectivity index (χ4n) is 7.99. The molecule has 6 N–H and O–H groups in total. The number of H-pyrrole nitrogens is 1. The number of nitrogens with zero attached hydrogens (tertiary/aromatic N) is 5. The van der Waals surface area contributed by atoms with Gasteiger partial charge in [-0.1, -0.05) is 30.0 Å². The van der Waals surface area contributed by atoms with Crippen molar-refractivity contribution < 1.29 is 9.59 Å². The van der Waals surface area contributed by atoms with Crippen LogP contribution in [-0.2, 0) is 23.1 Å². The molecule has 11 nitrogen and oxygen atoms in total. The predicted octanol–water partition coefficient (Wildman–Crippen LogP) is 1.69. The number of aromatic amines is 1. The molecule has 3 fully saturated rings. The monoisotopic (exact) mass is 563 g/mol. The molecule has 214 valence electrons. The minimum absolute atomic E-state index is 0.0299.